The van der Waals surface area contributed by atoms with E-state index < -0.39 is 5.41 Å². The highest BCUT2D eigenvalue weighted by Crippen LogP contribution is 2.47. The highest BCUT2D eigenvalue weighted by molar-refractivity contribution is 6.42. The summed E-state index contributed by atoms with van der Waals surface area (Å²) in [5.41, 5.74) is 0.879. The lowest BCUT2D eigenvalue weighted by Crippen LogP contribution is -2.52. The highest BCUT2D eigenvalue weighted by Gasteiger charge is 2.53. The summed E-state index contributed by atoms with van der Waals surface area (Å²) in [7, 11) is 0. The summed E-state index contributed by atoms with van der Waals surface area (Å²) in [6, 6.07) is 3.45. The molecule has 2 amide bonds. The van der Waals surface area contributed by atoms with Crippen LogP contribution in [0.25, 0.3) is 0 Å². The van der Waals surface area contributed by atoms with Gasteiger partial charge in [0, 0.05) is 31.9 Å². The number of nitrogens with zero attached hydrogens (tertiary/aromatic N) is 1. The van der Waals surface area contributed by atoms with Crippen LogP contribution in [0, 0.1) is 5.92 Å². The molecule has 0 radical (unpaired) electrons. The Kier molecular flexibility index (Phi) is 3.15. The predicted molar refractivity (Wildman–Crippen MR) is 84.3 cm³/mol. The number of carbonyl (C=O) groups is 2. The molecule has 0 unspecified atom stereocenters. The third-order valence-electron chi connectivity index (χ3n) is 4.97. The van der Waals surface area contributed by atoms with Gasteiger partial charge in [-0.1, -0.05) is 23.2 Å². The van der Waals surface area contributed by atoms with Gasteiger partial charge in [0.15, 0.2) is 0 Å². The topological polar surface area (TPSA) is 61.4 Å². The van der Waals surface area contributed by atoms with Crippen molar-refractivity contribution in [1.29, 1.82) is 0 Å². The first-order valence-electron chi connectivity index (χ1n) is 7.32. The summed E-state index contributed by atoms with van der Waals surface area (Å²) in [5, 5.41) is 6.84. The fourth-order valence-corrected chi connectivity index (χ4v) is 3.86. The van der Waals surface area contributed by atoms with E-state index in [9.17, 15) is 9.59 Å². The number of halogens is 2. The Morgan fingerprint density at radius 3 is 2.68 bits per heavy atom. The van der Waals surface area contributed by atoms with E-state index in [2.05, 4.69) is 10.6 Å². The second kappa shape index (κ2) is 4.85. The zero-order chi connectivity index (χ0) is 15.5. The Bertz CT molecular complexity index is 690. The lowest BCUT2D eigenvalue weighted by molar-refractivity contribution is -0.136. The first-order valence-corrected chi connectivity index (χ1v) is 8.07. The molecule has 2 fully saturated rings. The number of anilines is 1. The van der Waals surface area contributed by atoms with Crippen molar-refractivity contribution < 1.29 is 9.59 Å². The maximum Gasteiger partial charge on any atom is 0.237 e. The Labute approximate surface area is 137 Å². The van der Waals surface area contributed by atoms with Crippen molar-refractivity contribution >= 4 is 40.7 Å². The molecular formula is C15H15Cl2N3O2. The molecule has 1 spiro atoms. The Balaban J connectivity index is 1.67. The number of hydrogen-bond donors (Lipinski definition) is 2. The molecule has 3 aliphatic heterocycles. The van der Waals surface area contributed by atoms with E-state index in [0.717, 1.165) is 18.7 Å². The van der Waals surface area contributed by atoms with Gasteiger partial charge in [0.25, 0.3) is 0 Å². The summed E-state index contributed by atoms with van der Waals surface area (Å²) < 4.78 is 0. The van der Waals surface area contributed by atoms with E-state index in [4.69, 9.17) is 23.2 Å². The Morgan fingerprint density at radius 2 is 2.00 bits per heavy atom. The van der Waals surface area contributed by atoms with Gasteiger partial charge in [0.05, 0.1) is 21.4 Å². The normalized spacial score (nSPS) is 27.0. The number of amides is 2. The first-order chi connectivity index (χ1) is 10.5. The van der Waals surface area contributed by atoms with Crippen LogP contribution in [0.1, 0.15) is 12.0 Å². The average Bonchev–Trinajstić information content (AvgIpc) is 2.95. The van der Waals surface area contributed by atoms with Gasteiger partial charge in [0.2, 0.25) is 11.8 Å². The van der Waals surface area contributed by atoms with Crippen molar-refractivity contribution in [3.05, 3.63) is 27.7 Å². The van der Waals surface area contributed by atoms with Crippen LogP contribution in [0.15, 0.2) is 12.1 Å². The molecule has 4 rings (SSSR count). The molecule has 116 valence electrons. The maximum atomic E-state index is 12.6. The fourth-order valence-electron chi connectivity index (χ4n) is 3.53. The largest absolute Gasteiger partial charge is 0.341 e. The molecule has 0 aliphatic carbocycles. The molecule has 5 nitrogen and oxygen atoms in total. The van der Waals surface area contributed by atoms with E-state index >= 15 is 0 Å². The monoisotopic (exact) mass is 339 g/mol. The van der Waals surface area contributed by atoms with Crippen LogP contribution in [0.2, 0.25) is 10.0 Å². The number of carbonyl (C=O) groups excluding carboxylic acids is 2. The zero-order valence-electron chi connectivity index (χ0n) is 11.8. The molecule has 1 aromatic carbocycles. The molecule has 1 aromatic rings. The van der Waals surface area contributed by atoms with Crippen LogP contribution in [-0.2, 0) is 15.0 Å². The summed E-state index contributed by atoms with van der Waals surface area (Å²) >= 11 is 12.2. The summed E-state index contributed by atoms with van der Waals surface area (Å²) in [6.45, 7) is 2.47. The molecule has 0 saturated carbocycles. The van der Waals surface area contributed by atoms with E-state index in [1.165, 1.54) is 0 Å². The molecule has 0 aromatic heterocycles. The van der Waals surface area contributed by atoms with Crippen molar-refractivity contribution in [3.8, 4) is 0 Å². The van der Waals surface area contributed by atoms with Crippen LogP contribution in [-0.4, -0.2) is 42.9 Å². The minimum atomic E-state index is -0.684. The third-order valence-corrected chi connectivity index (χ3v) is 5.69. The first kappa shape index (κ1) is 14.3. The van der Waals surface area contributed by atoms with E-state index in [1.54, 1.807) is 12.1 Å². The van der Waals surface area contributed by atoms with Crippen molar-refractivity contribution in [1.82, 2.24) is 10.2 Å². The van der Waals surface area contributed by atoms with Crippen molar-refractivity contribution in [2.75, 3.05) is 31.5 Å². The molecule has 0 bridgehead atoms. The van der Waals surface area contributed by atoms with Gasteiger partial charge in [0.1, 0.15) is 0 Å². The van der Waals surface area contributed by atoms with Crippen LogP contribution in [0.4, 0.5) is 5.69 Å². The summed E-state index contributed by atoms with van der Waals surface area (Å²) in [5.74, 6) is 0.118. The molecule has 1 atom stereocenters. The zero-order valence-corrected chi connectivity index (χ0v) is 13.3. The third kappa shape index (κ3) is 1.89. The van der Waals surface area contributed by atoms with E-state index in [1.807, 2.05) is 4.90 Å². The van der Waals surface area contributed by atoms with Crippen LogP contribution in [0.5, 0.6) is 0 Å². The summed E-state index contributed by atoms with van der Waals surface area (Å²) in [4.78, 5) is 26.8. The predicted octanol–water partition coefficient (Wildman–Crippen LogP) is 1.64. The number of nitrogens with one attached hydrogen (secondary N) is 2. The van der Waals surface area contributed by atoms with E-state index in [0.29, 0.717) is 35.2 Å². The molecule has 2 N–H and O–H groups in total. The quantitative estimate of drug-likeness (QED) is 0.817. The SMILES string of the molecule is O=C(C1CNC1)N1CC[C@]2(C1)C(=O)Nc1cc(Cl)c(Cl)cc12. The van der Waals surface area contributed by atoms with Crippen LogP contribution < -0.4 is 10.6 Å². The van der Waals surface area contributed by atoms with Crippen molar-refractivity contribution in [3.63, 3.8) is 0 Å². The van der Waals surface area contributed by atoms with E-state index in [-0.39, 0.29) is 17.7 Å². The van der Waals surface area contributed by atoms with Gasteiger partial charge in [-0.25, -0.2) is 0 Å². The Hall–Kier alpha value is -1.30. The van der Waals surface area contributed by atoms with Gasteiger partial charge >= 0.3 is 0 Å². The summed E-state index contributed by atoms with van der Waals surface area (Å²) in [6.07, 6.45) is 0.621. The minimum absolute atomic E-state index is 0.0490. The van der Waals surface area contributed by atoms with Crippen molar-refractivity contribution in [2.24, 2.45) is 5.92 Å². The van der Waals surface area contributed by atoms with Crippen molar-refractivity contribution in [2.45, 2.75) is 11.8 Å². The molecule has 3 aliphatic rings. The fraction of sp³-hybridized carbons (Fsp3) is 0.467. The van der Waals surface area contributed by atoms with Crippen LogP contribution >= 0.6 is 23.2 Å². The smallest absolute Gasteiger partial charge is 0.237 e. The standard InChI is InChI=1S/C15H15Cl2N3O2/c16-10-3-9-12(4-11(10)17)19-14(22)15(9)1-2-20(7-15)13(21)8-5-18-6-8/h3-4,8,18H,1-2,5-7H2,(H,19,22)/t15-/m1/s1. The number of benzene rings is 1. The second-order valence-electron chi connectivity index (χ2n) is 6.21. The van der Waals surface area contributed by atoms with Gasteiger partial charge in [-0.2, -0.15) is 0 Å². The molecule has 2 saturated heterocycles. The van der Waals surface area contributed by atoms with Gasteiger partial charge in [-0.05, 0) is 24.1 Å². The maximum absolute atomic E-state index is 12.6. The number of likely N-dealkylation sites (tertiary alicyclic amines) is 1. The Morgan fingerprint density at radius 1 is 1.27 bits per heavy atom. The molecule has 22 heavy (non-hydrogen) atoms. The average molecular weight is 340 g/mol. The molecule has 7 heteroatoms. The lowest BCUT2D eigenvalue weighted by atomic mass is 9.81. The molecular weight excluding hydrogens is 325 g/mol. The minimum Gasteiger partial charge on any atom is -0.341 e. The number of fused-ring (bicyclic) bond motifs is 2. The second-order valence-corrected chi connectivity index (χ2v) is 7.03. The van der Waals surface area contributed by atoms with Gasteiger partial charge in [-0.3, -0.25) is 9.59 Å². The number of rotatable bonds is 1. The highest BCUT2D eigenvalue weighted by atomic mass is 35.5. The van der Waals surface area contributed by atoms with Gasteiger partial charge in [-0.15, -0.1) is 0 Å². The number of hydrogen-bond acceptors (Lipinski definition) is 3. The van der Waals surface area contributed by atoms with Crippen LogP contribution in [0.3, 0.4) is 0 Å². The lowest BCUT2D eigenvalue weighted by Gasteiger charge is -2.31. The molecule has 3 heterocycles. The van der Waals surface area contributed by atoms with Gasteiger partial charge < -0.3 is 15.5 Å².